The number of hydrogen-bond donors (Lipinski definition) is 2. The Morgan fingerprint density at radius 2 is 2.04 bits per heavy atom. The average molecular weight is 456 g/mol. The Balaban J connectivity index is 0.00000264. The number of hydrogen-bond acceptors (Lipinski definition) is 4. The maximum atomic E-state index is 5.45. The summed E-state index contributed by atoms with van der Waals surface area (Å²) in [5, 5.41) is 7.63. The van der Waals surface area contributed by atoms with Gasteiger partial charge >= 0.3 is 0 Å². The van der Waals surface area contributed by atoms with E-state index in [0.29, 0.717) is 0 Å². The van der Waals surface area contributed by atoms with Gasteiger partial charge in [0, 0.05) is 37.0 Å². The van der Waals surface area contributed by atoms with E-state index in [-0.39, 0.29) is 29.5 Å². The van der Waals surface area contributed by atoms with Gasteiger partial charge in [0.2, 0.25) is 0 Å². The van der Waals surface area contributed by atoms with E-state index < -0.39 is 0 Å². The molecule has 2 saturated heterocycles. The third kappa shape index (κ3) is 7.36. The molecule has 0 amide bonds. The van der Waals surface area contributed by atoms with Gasteiger partial charge < -0.3 is 15.4 Å². The van der Waals surface area contributed by atoms with E-state index in [4.69, 9.17) is 9.73 Å². The molecule has 23 heavy (non-hydrogen) atoms. The van der Waals surface area contributed by atoms with Crippen molar-refractivity contribution in [2.24, 2.45) is 4.99 Å². The number of rotatable bonds is 6. The van der Waals surface area contributed by atoms with Crippen LogP contribution >= 0.6 is 35.7 Å². The molecule has 0 spiro atoms. The van der Waals surface area contributed by atoms with E-state index in [1.807, 2.05) is 0 Å². The summed E-state index contributed by atoms with van der Waals surface area (Å²) in [5.41, 5.74) is 0.0776. The number of guanidine groups is 1. The maximum Gasteiger partial charge on any atom is 0.191 e. The van der Waals surface area contributed by atoms with E-state index >= 15 is 0 Å². The van der Waals surface area contributed by atoms with Crippen molar-refractivity contribution in [3.63, 3.8) is 0 Å². The Kier molecular flexibility index (Phi) is 10.2. The van der Waals surface area contributed by atoms with Gasteiger partial charge in [-0.05, 0) is 39.4 Å². The van der Waals surface area contributed by atoms with Crippen LogP contribution < -0.4 is 10.6 Å². The first kappa shape index (κ1) is 21.3. The predicted octanol–water partition coefficient (Wildman–Crippen LogP) is 2.17. The van der Waals surface area contributed by atoms with Gasteiger partial charge in [-0.1, -0.05) is 0 Å². The van der Waals surface area contributed by atoms with E-state index in [0.717, 1.165) is 57.1 Å². The first-order chi connectivity index (χ1) is 10.6. The second-order valence-electron chi connectivity index (χ2n) is 6.62. The van der Waals surface area contributed by atoms with E-state index in [2.05, 4.69) is 48.1 Å². The number of nitrogens with one attached hydrogen (secondary N) is 2. The molecule has 1 unspecified atom stereocenters. The van der Waals surface area contributed by atoms with Gasteiger partial charge in [-0.3, -0.25) is 9.89 Å². The summed E-state index contributed by atoms with van der Waals surface area (Å²) in [6.07, 6.45) is 2.69. The molecule has 0 bridgehead atoms. The SMILES string of the molecule is CCNC(=NCC(C)(C)N1CCOCC1)NCC1CCCS1.I. The molecule has 0 radical (unpaired) electrons. The summed E-state index contributed by atoms with van der Waals surface area (Å²) in [4.78, 5) is 7.31. The van der Waals surface area contributed by atoms with Crippen molar-refractivity contribution < 1.29 is 4.74 Å². The number of thioether (sulfide) groups is 1. The number of morpholine rings is 1. The van der Waals surface area contributed by atoms with Gasteiger partial charge in [-0.25, -0.2) is 0 Å². The largest absolute Gasteiger partial charge is 0.379 e. The Bertz CT molecular complexity index is 356. The quantitative estimate of drug-likeness (QED) is 0.365. The lowest BCUT2D eigenvalue weighted by Gasteiger charge is -2.39. The fourth-order valence-corrected chi connectivity index (χ4v) is 4.10. The fourth-order valence-electron chi connectivity index (χ4n) is 2.90. The standard InChI is InChI=1S/C16H32N4OS.HI/c1-4-17-15(18-12-14-6-5-11-22-14)19-13-16(2,3)20-7-9-21-10-8-20;/h14H,4-13H2,1-3H3,(H2,17,18,19);1H. The van der Waals surface area contributed by atoms with Crippen LogP contribution in [0.15, 0.2) is 4.99 Å². The molecule has 2 fully saturated rings. The summed E-state index contributed by atoms with van der Waals surface area (Å²) in [7, 11) is 0. The van der Waals surface area contributed by atoms with Gasteiger partial charge in [-0.15, -0.1) is 24.0 Å². The van der Waals surface area contributed by atoms with Crippen LogP contribution in [-0.4, -0.2) is 73.3 Å². The molecule has 0 aromatic rings. The highest BCUT2D eigenvalue weighted by Gasteiger charge is 2.28. The molecule has 2 rings (SSSR count). The van der Waals surface area contributed by atoms with Crippen LogP contribution in [0.5, 0.6) is 0 Å². The van der Waals surface area contributed by atoms with Crippen molar-refractivity contribution in [2.45, 2.75) is 44.4 Å². The van der Waals surface area contributed by atoms with Crippen molar-refractivity contribution in [1.29, 1.82) is 0 Å². The highest BCUT2D eigenvalue weighted by atomic mass is 127. The van der Waals surface area contributed by atoms with E-state index in [1.54, 1.807) is 0 Å². The third-order valence-electron chi connectivity index (χ3n) is 4.36. The summed E-state index contributed by atoms with van der Waals surface area (Å²) in [6.45, 7) is 13.1. The summed E-state index contributed by atoms with van der Waals surface area (Å²) < 4.78 is 5.45. The normalized spacial score (nSPS) is 23.4. The summed E-state index contributed by atoms with van der Waals surface area (Å²) in [5.74, 6) is 2.26. The van der Waals surface area contributed by atoms with Crippen LogP contribution in [-0.2, 0) is 4.74 Å². The zero-order chi connectivity index (χ0) is 15.8. The smallest absolute Gasteiger partial charge is 0.191 e. The van der Waals surface area contributed by atoms with Gasteiger partial charge in [0.25, 0.3) is 0 Å². The van der Waals surface area contributed by atoms with Crippen molar-refractivity contribution in [3.05, 3.63) is 0 Å². The second-order valence-corrected chi connectivity index (χ2v) is 8.03. The van der Waals surface area contributed by atoms with E-state index in [9.17, 15) is 0 Å². The number of halogens is 1. The predicted molar refractivity (Wildman–Crippen MR) is 111 cm³/mol. The van der Waals surface area contributed by atoms with Gasteiger partial charge in [0.05, 0.1) is 19.8 Å². The molecule has 0 aliphatic carbocycles. The van der Waals surface area contributed by atoms with Crippen LogP contribution in [0.2, 0.25) is 0 Å². The molecule has 2 heterocycles. The number of aliphatic imine (C=N–C) groups is 1. The first-order valence-electron chi connectivity index (χ1n) is 8.58. The Labute approximate surface area is 162 Å². The van der Waals surface area contributed by atoms with Crippen LogP contribution in [0.4, 0.5) is 0 Å². The average Bonchev–Trinajstić information content (AvgIpc) is 3.04. The Morgan fingerprint density at radius 3 is 2.65 bits per heavy atom. The molecule has 0 aromatic carbocycles. The molecular formula is C16H33IN4OS. The lowest BCUT2D eigenvalue weighted by atomic mass is 10.0. The lowest BCUT2D eigenvalue weighted by molar-refractivity contribution is -0.00683. The molecule has 136 valence electrons. The second kappa shape index (κ2) is 11.0. The van der Waals surface area contributed by atoms with Gasteiger partial charge in [-0.2, -0.15) is 11.8 Å². The highest BCUT2D eigenvalue weighted by Crippen LogP contribution is 2.25. The highest BCUT2D eigenvalue weighted by molar-refractivity contribution is 14.0. The molecule has 2 aliphatic heterocycles. The third-order valence-corrected chi connectivity index (χ3v) is 5.75. The molecular weight excluding hydrogens is 423 g/mol. The number of nitrogens with zero attached hydrogens (tertiary/aromatic N) is 2. The summed E-state index contributed by atoms with van der Waals surface area (Å²) >= 11 is 2.08. The fraction of sp³-hybridized carbons (Fsp3) is 0.938. The molecule has 0 aromatic heterocycles. The zero-order valence-corrected chi connectivity index (χ0v) is 17.9. The molecule has 5 nitrogen and oxygen atoms in total. The minimum Gasteiger partial charge on any atom is -0.379 e. The van der Waals surface area contributed by atoms with Crippen LogP contribution in [0.25, 0.3) is 0 Å². The molecule has 2 N–H and O–H groups in total. The first-order valence-corrected chi connectivity index (χ1v) is 9.63. The van der Waals surface area contributed by atoms with Crippen molar-refractivity contribution in [3.8, 4) is 0 Å². The van der Waals surface area contributed by atoms with Crippen molar-refractivity contribution in [2.75, 3.05) is 51.7 Å². The Morgan fingerprint density at radius 1 is 1.30 bits per heavy atom. The minimum absolute atomic E-state index is 0. The maximum absolute atomic E-state index is 5.45. The monoisotopic (exact) mass is 456 g/mol. The van der Waals surface area contributed by atoms with Crippen molar-refractivity contribution >= 4 is 41.7 Å². The van der Waals surface area contributed by atoms with Gasteiger partial charge in [0.1, 0.15) is 0 Å². The number of ether oxygens (including phenoxy) is 1. The zero-order valence-electron chi connectivity index (χ0n) is 14.8. The van der Waals surface area contributed by atoms with Crippen LogP contribution in [0.1, 0.15) is 33.6 Å². The summed E-state index contributed by atoms with van der Waals surface area (Å²) in [6, 6.07) is 0. The molecule has 0 saturated carbocycles. The van der Waals surface area contributed by atoms with Crippen molar-refractivity contribution in [1.82, 2.24) is 15.5 Å². The molecule has 2 aliphatic rings. The van der Waals surface area contributed by atoms with Crippen LogP contribution in [0.3, 0.4) is 0 Å². The molecule has 7 heteroatoms. The van der Waals surface area contributed by atoms with E-state index in [1.165, 1.54) is 18.6 Å². The lowest BCUT2D eigenvalue weighted by Crippen LogP contribution is -2.52. The minimum atomic E-state index is 0. The topological polar surface area (TPSA) is 48.9 Å². The van der Waals surface area contributed by atoms with Gasteiger partial charge in [0.15, 0.2) is 5.96 Å². The Hall–Kier alpha value is 0.270. The van der Waals surface area contributed by atoms with Crippen LogP contribution in [0, 0.1) is 0 Å². The molecule has 1 atom stereocenters.